The van der Waals surface area contributed by atoms with E-state index >= 15 is 0 Å². The monoisotopic (exact) mass is 372 g/mol. The van der Waals surface area contributed by atoms with Gasteiger partial charge < -0.3 is 5.32 Å². The van der Waals surface area contributed by atoms with E-state index in [4.69, 9.17) is 0 Å². The fraction of sp³-hybridized carbons (Fsp3) is 0.118. The maximum absolute atomic E-state index is 13.4. The zero-order chi connectivity index (χ0) is 17.2. The largest absolute Gasteiger partial charge is 0.352 e. The first-order chi connectivity index (χ1) is 12.2. The molecule has 0 unspecified atom stereocenters. The molecular formula is C17H13FN4OS2. The highest BCUT2D eigenvalue weighted by Gasteiger charge is 2.12. The fourth-order valence-electron chi connectivity index (χ4n) is 2.45. The number of aromatic nitrogens is 3. The lowest BCUT2D eigenvalue weighted by atomic mass is 10.2. The van der Waals surface area contributed by atoms with Crippen molar-refractivity contribution in [2.75, 3.05) is 6.54 Å². The summed E-state index contributed by atoms with van der Waals surface area (Å²) >= 11 is 2.97. The standard InChI is InChI=1S/C17H13FN4OS2/c18-13-3-1-2-11(8-13)15-20-17-22(21-15)14(10-25-17)4-6-19-16(23)12-5-7-24-9-12/h1-3,5,7-10H,4,6H2,(H,19,23). The molecule has 0 aliphatic heterocycles. The zero-order valence-corrected chi connectivity index (χ0v) is 14.6. The number of hydrogen-bond acceptors (Lipinski definition) is 5. The summed E-state index contributed by atoms with van der Waals surface area (Å²) in [6.45, 7) is 0.510. The number of amides is 1. The zero-order valence-electron chi connectivity index (χ0n) is 13.0. The molecule has 1 amide bonds. The lowest BCUT2D eigenvalue weighted by molar-refractivity contribution is 0.0954. The molecule has 3 heterocycles. The number of fused-ring (bicyclic) bond motifs is 1. The van der Waals surface area contributed by atoms with Crippen LogP contribution in [0.25, 0.3) is 16.3 Å². The summed E-state index contributed by atoms with van der Waals surface area (Å²) in [5.41, 5.74) is 2.28. The molecule has 0 radical (unpaired) electrons. The molecule has 4 rings (SSSR count). The van der Waals surface area contributed by atoms with E-state index in [-0.39, 0.29) is 11.7 Å². The average molecular weight is 372 g/mol. The van der Waals surface area contributed by atoms with Gasteiger partial charge in [-0.3, -0.25) is 4.79 Å². The van der Waals surface area contributed by atoms with E-state index in [0.29, 0.717) is 29.9 Å². The van der Waals surface area contributed by atoms with E-state index in [0.717, 1.165) is 10.7 Å². The first-order valence-corrected chi connectivity index (χ1v) is 9.42. The molecule has 3 aromatic heterocycles. The number of rotatable bonds is 5. The van der Waals surface area contributed by atoms with E-state index in [1.165, 1.54) is 34.8 Å². The third-order valence-corrected chi connectivity index (χ3v) is 5.23. The molecular weight excluding hydrogens is 359 g/mol. The number of carbonyl (C=O) groups is 1. The molecule has 0 atom stereocenters. The summed E-state index contributed by atoms with van der Waals surface area (Å²) < 4.78 is 15.1. The van der Waals surface area contributed by atoms with Crippen molar-refractivity contribution in [3.05, 3.63) is 63.5 Å². The van der Waals surface area contributed by atoms with Crippen molar-refractivity contribution in [2.24, 2.45) is 0 Å². The predicted octanol–water partition coefficient (Wildman–Crippen LogP) is 3.63. The number of nitrogens with one attached hydrogen (secondary N) is 1. The van der Waals surface area contributed by atoms with Gasteiger partial charge in [0.05, 0.1) is 5.69 Å². The van der Waals surface area contributed by atoms with E-state index < -0.39 is 0 Å². The molecule has 0 aliphatic carbocycles. The molecule has 8 heteroatoms. The van der Waals surface area contributed by atoms with Gasteiger partial charge in [0.25, 0.3) is 5.91 Å². The summed E-state index contributed by atoms with van der Waals surface area (Å²) in [5.74, 6) is 0.105. The lowest BCUT2D eigenvalue weighted by Gasteiger charge is -2.02. The van der Waals surface area contributed by atoms with Crippen LogP contribution in [0.2, 0.25) is 0 Å². The van der Waals surface area contributed by atoms with Gasteiger partial charge in [-0.15, -0.1) is 16.4 Å². The van der Waals surface area contributed by atoms with Crippen molar-refractivity contribution >= 4 is 33.5 Å². The maximum atomic E-state index is 13.4. The first kappa shape index (κ1) is 15.9. The van der Waals surface area contributed by atoms with Crippen LogP contribution < -0.4 is 5.32 Å². The topological polar surface area (TPSA) is 59.3 Å². The van der Waals surface area contributed by atoms with Gasteiger partial charge in [0, 0.05) is 34.9 Å². The van der Waals surface area contributed by atoms with Crippen LogP contribution in [-0.2, 0) is 6.42 Å². The van der Waals surface area contributed by atoms with Gasteiger partial charge in [0.2, 0.25) is 4.96 Å². The van der Waals surface area contributed by atoms with Crippen LogP contribution in [0.15, 0.2) is 46.5 Å². The molecule has 5 nitrogen and oxygen atoms in total. The fourth-order valence-corrected chi connectivity index (χ4v) is 3.94. The summed E-state index contributed by atoms with van der Waals surface area (Å²) in [7, 11) is 0. The Hall–Kier alpha value is -2.58. The Morgan fingerprint density at radius 2 is 2.20 bits per heavy atom. The summed E-state index contributed by atoms with van der Waals surface area (Å²) in [5, 5.41) is 13.0. The van der Waals surface area contributed by atoms with Crippen LogP contribution in [0.5, 0.6) is 0 Å². The van der Waals surface area contributed by atoms with E-state index in [1.54, 1.807) is 22.7 Å². The van der Waals surface area contributed by atoms with Crippen LogP contribution in [0.1, 0.15) is 16.1 Å². The molecule has 0 saturated carbocycles. The van der Waals surface area contributed by atoms with Crippen LogP contribution in [0.3, 0.4) is 0 Å². The van der Waals surface area contributed by atoms with Gasteiger partial charge in [0.1, 0.15) is 5.82 Å². The molecule has 4 aromatic rings. The van der Waals surface area contributed by atoms with Crippen LogP contribution in [0.4, 0.5) is 4.39 Å². The Kier molecular flexibility index (Phi) is 4.29. The van der Waals surface area contributed by atoms with Gasteiger partial charge >= 0.3 is 0 Å². The quantitative estimate of drug-likeness (QED) is 0.582. The second-order valence-electron chi connectivity index (χ2n) is 5.39. The Labute approximate surface area is 150 Å². The van der Waals surface area contributed by atoms with Crippen LogP contribution in [-0.4, -0.2) is 27.0 Å². The Balaban J connectivity index is 1.48. The number of carbonyl (C=O) groups excluding carboxylic acids is 1. The van der Waals surface area contributed by atoms with Crippen LogP contribution in [0, 0.1) is 5.82 Å². The Morgan fingerprint density at radius 3 is 3.00 bits per heavy atom. The summed E-state index contributed by atoms with van der Waals surface area (Å²) in [4.78, 5) is 17.1. The minimum absolute atomic E-state index is 0.0771. The van der Waals surface area contributed by atoms with E-state index in [9.17, 15) is 9.18 Å². The average Bonchev–Trinajstić information content (AvgIpc) is 3.33. The number of thiazole rings is 1. The normalized spacial score (nSPS) is 11.1. The molecule has 126 valence electrons. The van der Waals surface area contributed by atoms with E-state index in [1.807, 2.05) is 16.1 Å². The third kappa shape index (κ3) is 3.31. The van der Waals surface area contributed by atoms with Gasteiger partial charge in [-0.05, 0) is 23.6 Å². The van der Waals surface area contributed by atoms with Crippen LogP contribution >= 0.6 is 22.7 Å². The Morgan fingerprint density at radius 1 is 1.28 bits per heavy atom. The summed E-state index contributed by atoms with van der Waals surface area (Å²) in [6.07, 6.45) is 0.641. The highest BCUT2D eigenvalue weighted by Crippen LogP contribution is 2.21. The minimum atomic E-state index is -0.313. The molecule has 0 bridgehead atoms. The predicted molar refractivity (Wildman–Crippen MR) is 96.6 cm³/mol. The number of halogens is 1. The van der Waals surface area contributed by atoms with Gasteiger partial charge in [0.15, 0.2) is 5.82 Å². The number of thiophene rings is 1. The number of benzene rings is 1. The summed E-state index contributed by atoms with van der Waals surface area (Å²) in [6, 6.07) is 8.03. The molecule has 0 fully saturated rings. The number of nitrogens with zero attached hydrogens (tertiary/aromatic N) is 3. The second-order valence-corrected chi connectivity index (χ2v) is 7.00. The molecule has 0 spiro atoms. The van der Waals surface area contributed by atoms with Gasteiger partial charge in [-0.1, -0.05) is 12.1 Å². The van der Waals surface area contributed by atoms with Crippen molar-refractivity contribution in [2.45, 2.75) is 6.42 Å². The van der Waals surface area contributed by atoms with Crippen molar-refractivity contribution in [3.8, 4) is 11.4 Å². The first-order valence-electron chi connectivity index (χ1n) is 7.60. The second kappa shape index (κ2) is 6.73. The third-order valence-electron chi connectivity index (χ3n) is 3.68. The SMILES string of the molecule is O=C(NCCc1csc2nc(-c3cccc(F)c3)nn12)c1ccsc1. The van der Waals surface area contributed by atoms with Gasteiger partial charge in [-0.2, -0.15) is 16.3 Å². The van der Waals surface area contributed by atoms with Crippen molar-refractivity contribution < 1.29 is 9.18 Å². The molecule has 25 heavy (non-hydrogen) atoms. The lowest BCUT2D eigenvalue weighted by Crippen LogP contribution is -2.25. The highest BCUT2D eigenvalue weighted by molar-refractivity contribution is 7.15. The molecule has 0 saturated heterocycles. The highest BCUT2D eigenvalue weighted by atomic mass is 32.1. The van der Waals surface area contributed by atoms with Crippen molar-refractivity contribution in [1.29, 1.82) is 0 Å². The Bertz CT molecular complexity index is 1020. The van der Waals surface area contributed by atoms with Gasteiger partial charge in [-0.25, -0.2) is 8.91 Å². The molecule has 0 aliphatic rings. The van der Waals surface area contributed by atoms with Crippen molar-refractivity contribution in [1.82, 2.24) is 19.9 Å². The maximum Gasteiger partial charge on any atom is 0.252 e. The van der Waals surface area contributed by atoms with E-state index in [2.05, 4.69) is 15.4 Å². The molecule has 1 N–H and O–H groups in total. The molecule has 1 aromatic carbocycles. The smallest absolute Gasteiger partial charge is 0.252 e. The minimum Gasteiger partial charge on any atom is -0.352 e. The van der Waals surface area contributed by atoms with Crippen molar-refractivity contribution in [3.63, 3.8) is 0 Å². The number of hydrogen-bond donors (Lipinski definition) is 1.